The van der Waals surface area contributed by atoms with E-state index in [0.29, 0.717) is 18.1 Å². The minimum atomic E-state index is -0.597. The maximum absolute atomic E-state index is 13.9. The van der Waals surface area contributed by atoms with E-state index in [1.165, 1.54) is 11.3 Å². The summed E-state index contributed by atoms with van der Waals surface area (Å²) in [4.78, 5) is 34.6. The van der Waals surface area contributed by atoms with Crippen molar-refractivity contribution in [3.8, 4) is 0 Å². The lowest BCUT2D eigenvalue weighted by atomic mass is 10.2. The second-order valence-corrected chi connectivity index (χ2v) is 8.87. The highest BCUT2D eigenvalue weighted by Crippen LogP contribution is 2.35. The fourth-order valence-corrected chi connectivity index (χ4v) is 5.05. The maximum atomic E-state index is 13.9. The first-order valence-corrected chi connectivity index (χ1v) is 11.7. The van der Waals surface area contributed by atoms with Crippen molar-refractivity contribution in [1.82, 2.24) is 9.88 Å². The SMILES string of the molecule is O=C(C1CCCN1C(=O)OCc1ccccc1)N(c1ccccc1)c1nc2ccccc2s1. The van der Waals surface area contributed by atoms with Crippen molar-refractivity contribution in [3.05, 3.63) is 90.5 Å². The molecule has 0 saturated carbocycles. The molecule has 1 aliphatic heterocycles. The van der Waals surface area contributed by atoms with Gasteiger partial charge in [0.2, 0.25) is 0 Å². The normalized spacial score (nSPS) is 15.5. The Morgan fingerprint density at radius 1 is 0.970 bits per heavy atom. The molecule has 1 aliphatic rings. The quantitative estimate of drug-likeness (QED) is 0.382. The molecule has 0 radical (unpaired) electrons. The molecule has 3 aromatic carbocycles. The molecular formula is C26H23N3O3S. The van der Waals surface area contributed by atoms with Crippen LogP contribution < -0.4 is 4.90 Å². The van der Waals surface area contributed by atoms with Gasteiger partial charge in [-0.25, -0.2) is 9.78 Å². The van der Waals surface area contributed by atoms with Gasteiger partial charge in [0.25, 0.3) is 5.91 Å². The minimum Gasteiger partial charge on any atom is -0.445 e. The van der Waals surface area contributed by atoms with Crippen LogP contribution in [0.15, 0.2) is 84.9 Å². The minimum absolute atomic E-state index is 0.172. The molecule has 0 aliphatic carbocycles. The molecule has 6 nitrogen and oxygen atoms in total. The topological polar surface area (TPSA) is 62.7 Å². The van der Waals surface area contributed by atoms with E-state index in [0.717, 1.165) is 27.9 Å². The lowest BCUT2D eigenvalue weighted by Gasteiger charge is -2.28. The molecule has 2 heterocycles. The van der Waals surface area contributed by atoms with E-state index in [9.17, 15) is 9.59 Å². The van der Waals surface area contributed by atoms with Crippen molar-refractivity contribution >= 4 is 44.4 Å². The Morgan fingerprint density at radius 2 is 1.67 bits per heavy atom. The van der Waals surface area contributed by atoms with Gasteiger partial charge < -0.3 is 4.74 Å². The van der Waals surface area contributed by atoms with Gasteiger partial charge in [-0.05, 0) is 42.7 Å². The highest BCUT2D eigenvalue weighted by atomic mass is 32.1. The fourth-order valence-electron chi connectivity index (χ4n) is 4.06. The average molecular weight is 458 g/mol. The number of likely N-dealkylation sites (tertiary alicyclic amines) is 1. The average Bonchev–Trinajstić information content (AvgIpc) is 3.51. The Morgan fingerprint density at radius 3 is 2.42 bits per heavy atom. The Kier molecular flexibility index (Phi) is 6.04. The van der Waals surface area contributed by atoms with Gasteiger partial charge in [-0.15, -0.1) is 0 Å². The van der Waals surface area contributed by atoms with Crippen LogP contribution in [-0.2, 0) is 16.1 Å². The summed E-state index contributed by atoms with van der Waals surface area (Å²) in [5.41, 5.74) is 2.48. The van der Waals surface area contributed by atoms with Crippen molar-refractivity contribution in [3.63, 3.8) is 0 Å². The number of para-hydroxylation sites is 2. The molecule has 1 aromatic heterocycles. The third-order valence-electron chi connectivity index (χ3n) is 5.69. The summed E-state index contributed by atoms with van der Waals surface area (Å²) in [6.45, 7) is 0.670. The molecule has 4 aromatic rings. The van der Waals surface area contributed by atoms with Crippen molar-refractivity contribution in [1.29, 1.82) is 0 Å². The zero-order chi connectivity index (χ0) is 22.6. The van der Waals surface area contributed by atoms with Gasteiger partial charge in [0.1, 0.15) is 12.6 Å². The summed E-state index contributed by atoms with van der Waals surface area (Å²) < 4.78 is 6.54. The number of nitrogens with zero attached hydrogens (tertiary/aromatic N) is 3. The van der Waals surface area contributed by atoms with E-state index >= 15 is 0 Å². The van der Waals surface area contributed by atoms with E-state index in [1.54, 1.807) is 9.80 Å². The molecule has 0 N–H and O–H groups in total. The number of thiazole rings is 1. The van der Waals surface area contributed by atoms with Gasteiger partial charge in [0.15, 0.2) is 5.13 Å². The van der Waals surface area contributed by atoms with Crippen LogP contribution in [0.5, 0.6) is 0 Å². The Bertz CT molecular complexity index is 1230. The molecule has 0 bridgehead atoms. The number of rotatable bonds is 5. The number of anilines is 2. The molecular weight excluding hydrogens is 434 g/mol. The maximum Gasteiger partial charge on any atom is 0.410 e. The van der Waals surface area contributed by atoms with Gasteiger partial charge in [0, 0.05) is 6.54 Å². The Hall–Kier alpha value is -3.71. The van der Waals surface area contributed by atoms with Crippen molar-refractivity contribution in [2.75, 3.05) is 11.4 Å². The lowest BCUT2D eigenvalue weighted by Crippen LogP contribution is -2.46. The highest BCUT2D eigenvalue weighted by molar-refractivity contribution is 7.22. The highest BCUT2D eigenvalue weighted by Gasteiger charge is 2.39. The molecule has 7 heteroatoms. The standard InChI is InChI=1S/C26H23N3O3S/c30-24(22-15-9-17-28(22)26(31)32-18-19-10-3-1-4-11-19)29(20-12-5-2-6-13-20)25-27-21-14-7-8-16-23(21)33-25/h1-8,10-14,16,22H,9,15,17-18H2. The van der Waals surface area contributed by atoms with Crippen LogP contribution in [0.25, 0.3) is 10.2 Å². The number of ether oxygens (including phenoxy) is 1. The first-order chi connectivity index (χ1) is 16.2. The molecule has 33 heavy (non-hydrogen) atoms. The second kappa shape index (κ2) is 9.42. The van der Waals surface area contributed by atoms with Crippen LogP contribution in [0.3, 0.4) is 0 Å². The molecule has 5 rings (SSSR count). The van der Waals surface area contributed by atoms with Gasteiger partial charge in [-0.2, -0.15) is 0 Å². The summed E-state index contributed by atoms with van der Waals surface area (Å²) in [7, 11) is 0. The smallest absolute Gasteiger partial charge is 0.410 e. The van der Waals surface area contributed by atoms with E-state index < -0.39 is 12.1 Å². The van der Waals surface area contributed by atoms with Crippen LogP contribution in [0.1, 0.15) is 18.4 Å². The number of hydrogen-bond donors (Lipinski definition) is 0. The molecule has 1 unspecified atom stereocenters. The predicted molar refractivity (Wildman–Crippen MR) is 130 cm³/mol. The summed E-state index contributed by atoms with van der Waals surface area (Å²) in [6, 6.07) is 26.2. The number of carbonyl (C=O) groups excluding carboxylic acids is 2. The third-order valence-corrected chi connectivity index (χ3v) is 6.71. The Balaban J connectivity index is 1.41. The zero-order valence-electron chi connectivity index (χ0n) is 18.0. The number of carbonyl (C=O) groups is 2. The predicted octanol–water partition coefficient (Wildman–Crippen LogP) is 5.76. The lowest BCUT2D eigenvalue weighted by molar-refractivity contribution is -0.121. The van der Waals surface area contributed by atoms with Crippen LogP contribution in [0.4, 0.5) is 15.6 Å². The monoisotopic (exact) mass is 457 g/mol. The third kappa shape index (κ3) is 4.45. The van der Waals surface area contributed by atoms with Crippen molar-refractivity contribution < 1.29 is 14.3 Å². The molecule has 1 fully saturated rings. The van der Waals surface area contributed by atoms with Crippen molar-refractivity contribution in [2.45, 2.75) is 25.5 Å². The van der Waals surface area contributed by atoms with Crippen LogP contribution in [-0.4, -0.2) is 34.5 Å². The van der Waals surface area contributed by atoms with E-state index in [1.807, 2.05) is 84.9 Å². The van der Waals surface area contributed by atoms with Gasteiger partial charge in [-0.1, -0.05) is 72.0 Å². The molecule has 1 atom stereocenters. The van der Waals surface area contributed by atoms with E-state index in [2.05, 4.69) is 0 Å². The second-order valence-electron chi connectivity index (χ2n) is 7.86. The van der Waals surface area contributed by atoms with Gasteiger partial charge in [-0.3, -0.25) is 14.6 Å². The van der Waals surface area contributed by atoms with Crippen molar-refractivity contribution in [2.24, 2.45) is 0 Å². The zero-order valence-corrected chi connectivity index (χ0v) is 18.8. The summed E-state index contributed by atoms with van der Waals surface area (Å²) in [5, 5.41) is 0.594. The number of benzene rings is 3. The summed E-state index contributed by atoms with van der Waals surface area (Å²) in [6.07, 6.45) is 0.874. The molecule has 0 spiro atoms. The van der Waals surface area contributed by atoms with E-state index in [-0.39, 0.29) is 12.5 Å². The van der Waals surface area contributed by atoms with Crippen LogP contribution in [0, 0.1) is 0 Å². The number of fused-ring (bicyclic) bond motifs is 1. The van der Waals surface area contributed by atoms with E-state index in [4.69, 9.17) is 9.72 Å². The first kappa shape index (κ1) is 21.2. The molecule has 2 amide bonds. The summed E-state index contributed by atoms with van der Waals surface area (Å²) >= 11 is 1.46. The molecule has 166 valence electrons. The summed E-state index contributed by atoms with van der Waals surface area (Å²) in [5.74, 6) is -0.172. The van der Waals surface area contributed by atoms with Gasteiger partial charge >= 0.3 is 6.09 Å². The number of aromatic nitrogens is 1. The van der Waals surface area contributed by atoms with Gasteiger partial charge in [0.05, 0.1) is 15.9 Å². The Labute approximate surface area is 196 Å². The first-order valence-electron chi connectivity index (χ1n) is 10.9. The fraction of sp³-hybridized carbons (Fsp3) is 0.192. The molecule has 1 saturated heterocycles. The van der Waals surface area contributed by atoms with Crippen LogP contribution in [0.2, 0.25) is 0 Å². The number of hydrogen-bond acceptors (Lipinski definition) is 5. The van der Waals surface area contributed by atoms with Crippen LogP contribution >= 0.6 is 11.3 Å². The largest absolute Gasteiger partial charge is 0.445 e. The number of amides is 2.